The Hall–Kier alpha value is -5.65. The lowest BCUT2D eigenvalue weighted by atomic mass is 10.0. The van der Waals surface area contributed by atoms with Crippen molar-refractivity contribution >= 4 is 74.3 Å². The molecule has 13 heteroatoms. The summed E-state index contributed by atoms with van der Waals surface area (Å²) in [5, 5.41) is 23.5. The molecule has 0 radical (unpaired) electrons. The van der Waals surface area contributed by atoms with Gasteiger partial charge in [-0.3, -0.25) is 9.69 Å². The molecule has 5 aromatic carbocycles. The number of amides is 2. The van der Waals surface area contributed by atoms with Crippen molar-refractivity contribution in [1.29, 1.82) is 0 Å². The van der Waals surface area contributed by atoms with Crippen LogP contribution < -0.4 is 19.7 Å². The summed E-state index contributed by atoms with van der Waals surface area (Å²) in [5.41, 5.74) is 2.20. The highest BCUT2D eigenvalue weighted by Gasteiger charge is 2.26. The number of benzene rings is 5. The molecule has 302 valence electrons. The van der Waals surface area contributed by atoms with Gasteiger partial charge in [0.1, 0.15) is 28.3 Å². The van der Waals surface area contributed by atoms with Crippen molar-refractivity contribution in [3.05, 3.63) is 112 Å². The molecule has 1 aromatic heterocycles. The maximum Gasteiger partial charge on any atom is 0.350 e. The number of aryl methyl sites for hydroxylation is 1. The Labute approximate surface area is 347 Å². The zero-order valence-corrected chi connectivity index (χ0v) is 34.4. The van der Waals surface area contributed by atoms with E-state index in [1.807, 2.05) is 25.1 Å². The summed E-state index contributed by atoms with van der Waals surface area (Å²) in [6.07, 6.45) is 12.1. The first-order valence-corrected chi connectivity index (χ1v) is 20.4. The molecule has 0 aliphatic rings. The van der Waals surface area contributed by atoms with Gasteiger partial charge in [-0.25, -0.2) is 9.59 Å². The molecule has 0 fully saturated rings. The minimum atomic E-state index is -0.808. The zero-order chi connectivity index (χ0) is 41.2. The quantitative estimate of drug-likeness (QED) is 0.0527. The number of nitrogens with one attached hydrogen (secondary N) is 1. The highest BCUT2D eigenvalue weighted by Crippen LogP contribution is 2.38. The van der Waals surface area contributed by atoms with Crippen LogP contribution in [0.2, 0.25) is 10.0 Å². The van der Waals surface area contributed by atoms with Crippen LogP contribution in [0.1, 0.15) is 97.4 Å². The molecule has 58 heavy (non-hydrogen) atoms. The van der Waals surface area contributed by atoms with Crippen LogP contribution in [-0.4, -0.2) is 51.7 Å². The van der Waals surface area contributed by atoms with Gasteiger partial charge in [-0.2, -0.15) is 4.68 Å². The summed E-state index contributed by atoms with van der Waals surface area (Å²) in [6.45, 7) is 4.65. The lowest BCUT2D eigenvalue weighted by molar-refractivity contribution is 0.0736. The molecule has 0 unspecified atom stereocenters. The maximum atomic E-state index is 14.0. The highest BCUT2D eigenvalue weighted by atomic mass is 35.5. The van der Waals surface area contributed by atoms with E-state index in [0.29, 0.717) is 39.8 Å². The number of carbonyl (C=O) groups is 3. The van der Waals surface area contributed by atoms with Crippen LogP contribution in [0.3, 0.4) is 0 Å². The molecular formula is C45H47Cl2N5O6. The van der Waals surface area contributed by atoms with E-state index >= 15 is 0 Å². The molecule has 6 aromatic rings. The van der Waals surface area contributed by atoms with Crippen LogP contribution in [0.15, 0.2) is 84.9 Å². The number of phenols is 1. The second-order valence-electron chi connectivity index (χ2n) is 14.3. The van der Waals surface area contributed by atoms with Gasteiger partial charge < -0.3 is 19.9 Å². The summed E-state index contributed by atoms with van der Waals surface area (Å²) in [6, 6.07) is 22.4. The van der Waals surface area contributed by atoms with Gasteiger partial charge >= 0.3 is 12.0 Å². The molecule has 6 rings (SSSR count). The van der Waals surface area contributed by atoms with Crippen LogP contribution >= 0.6 is 23.2 Å². The standard InChI is InChI=1S/C45H47Cl2N5O6/c1-4-5-6-7-8-9-10-11-12-17-24-57-40-23-22-29(2)25-37(40)48-43(54)33-26-41(30-18-13-14-19-31(30)42(33)53)58-44(55)32-20-15-16-21-38(32)51(3)45(56)52-39-28-35(47)34(46)27-36(39)49-50-52/h13-16,18-23,25-28,53H,4-12,17,24H2,1-3H3,(H,48,54). The molecule has 2 N–H and O–H groups in total. The van der Waals surface area contributed by atoms with Gasteiger partial charge in [-0.05, 0) is 61.4 Å². The Balaban J connectivity index is 1.18. The smallest absolute Gasteiger partial charge is 0.350 e. The number of aromatic hydroxyl groups is 1. The molecule has 0 spiro atoms. The number of ether oxygens (including phenoxy) is 2. The van der Waals surface area contributed by atoms with Crippen molar-refractivity contribution in [2.45, 2.75) is 78.1 Å². The van der Waals surface area contributed by atoms with E-state index in [4.69, 9.17) is 32.7 Å². The number of nitrogens with zero attached hydrogens (tertiary/aromatic N) is 4. The van der Waals surface area contributed by atoms with Crippen molar-refractivity contribution in [2.24, 2.45) is 0 Å². The number of carbonyl (C=O) groups excluding carboxylic acids is 3. The second kappa shape index (κ2) is 19.7. The lowest BCUT2D eigenvalue weighted by Gasteiger charge is -2.20. The summed E-state index contributed by atoms with van der Waals surface area (Å²) in [4.78, 5) is 42.8. The van der Waals surface area contributed by atoms with Crippen LogP contribution in [0, 0.1) is 6.92 Å². The Bertz CT molecular complexity index is 2430. The fourth-order valence-electron chi connectivity index (χ4n) is 6.81. The van der Waals surface area contributed by atoms with Crippen LogP contribution in [0.25, 0.3) is 21.8 Å². The normalized spacial score (nSPS) is 11.2. The van der Waals surface area contributed by atoms with Crippen LogP contribution in [0.5, 0.6) is 17.2 Å². The van der Waals surface area contributed by atoms with E-state index in [1.165, 1.54) is 81.2 Å². The first-order chi connectivity index (χ1) is 28.1. The number of halogens is 2. The summed E-state index contributed by atoms with van der Waals surface area (Å²) in [7, 11) is 1.48. The Morgan fingerprint density at radius 2 is 1.43 bits per heavy atom. The van der Waals surface area contributed by atoms with Crippen molar-refractivity contribution in [2.75, 3.05) is 23.9 Å². The van der Waals surface area contributed by atoms with Crippen molar-refractivity contribution in [3.8, 4) is 17.2 Å². The zero-order valence-electron chi connectivity index (χ0n) is 32.9. The number of para-hydroxylation sites is 1. The van der Waals surface area contributed by atoms with E-state index in [0.717, 1.165) is 29.5 Å². The predicted molar refractivity (Wildman–Crippen MR) is 230 cm³/mol. The molecular weight excluding hydrogens is 777 g/mol. The SMILES string of the molecule is CCCCCCCCCCCCOc1ccc(C)cc1NC(=O)c1cc(OC(=O)c2ccccc2N(C)C(=O)n2nnc3cc(Cl)c(Cl)cc32)c2ccccc2c1O. The Morgan fingerprint density at radius 3 is 2.17 bits per heavy atom. The van der Waals surface area contributed by atoms with E-state index in [9.17, 15) is 19.5 Å². The van der Waals surface area contributed by atoms with E-state index < -0.39 is 17.9 Å². The van der Waals surface area contributed by atoms with Crippen LogP contribution in [0.4, 0.5) is 16.2 Å². The average molecular weight is 825 g/mol. The van der Waals surface area contributed by atoms with E-state index in [-0.39, 0.29) is 38.4 Å². The number of hydrogen-bond donors (Lipinski definition) is 2. The number of rotatable bonds is 17. The van der Waals surface area contributed by atoms with Gasteiger partial charge in [-0.1, -0.05) is 136 Å². The van der Waals surface area contributed by atoms with Gasteiger partial charge in [0, 0.05) is 17.8 Å². The molecule has 0 saturated carbocycles. The molecule has 2 amide bonds. The Kier molecular flexibility index (Phi) is 14.2. The van der Waals surface area contributed by atoms with E-state index in [1.54, 1.807) is 42.5 Å². The van der Waals surface area contributed by atoms with Crippen molar-refractivity contribution < 1.29 is 29.0 Å². The fraction of sp³-hybridized carbons (Fsp3) is 0.311. The van der Waals surface area contributed by atoms with Crippen molar-refractivity contribution in [1.82, 2.24) is 15.0 Å². The number of aromatic nitrogens is 3. The Morgan fingerprint density at radius 1 is 0.776 bits per heavy atom. The first kappa shape index (κ1) is 42.0. The number of hydrogen-bond acceptors (Lipinski definition) is 8. The van der Waals surface area contributed by atoms with Gasteiger partial charge in [0.05, 0.1) is 39.2 Å². The van der Waals surface area contributed by atoms with Crippen molar-refractivity contribution in [3.63, 3.8) is 0 Å². The van der Waals surface area contributed by atoms with Crippen LogP contribution in [-0.2, 0) is 0 Å². The van der Waals surface area contributed by atoms with Gasteiger partial charge in [0.25, 0.3) is 5.91 Å². The third-order valence-corrected chi connectivity index (χ3v) is 10.7. The number of fused-ring (bicyclic) bond motifs is 2. The van der Waals surface area contributed by atoms with Gasteiger partial charge in [0.2, 0.25) is 0 Å². The molecule has 0 aliphatic heterocycles. The van der Waals surface area contributed by atoms with Gasteiger partial charge in [-0.15, -0.1) is 5.10 Å². The monoisotopic (exact) mass is 823 g/mol. The number of esters is 1. The largest absolute Gasteiger partial charge is 0.506 e. The second-order valence-corrected chi connectivity index (χ2v) is 15.1. The molecule has 1 heterocycles. The minimum Gasteiger partial charge on any atom is -0.506 e. The summed E-state index contributed by atoms with van der Waals surface area (Å²) < 4.78 is 13.2. The third-order valence-electron chi connectivity index (χ3n) is 10.0. The molecule has 0 atom stereocenters. The number of phenolic OH excluding ortho intramolecular Hbond substituents is 1. The first-order valence-electron chi connectivity index (χ1n) is 19.7. The molecule has 0 bridgehead atoms. The maximum absolute atomic E-state index is 14.0. The topological polar surface area (TPSA) is 136 Å². The fourth-order valence-corrected chi connectivity index (χ4v) is 7.13. The van der Waals surface area contributed by atoms with Gasteiger partial charge in [0.15, 0.2) is 0 Å². The predicted octanol–water partition coefficient (Wildman–Crippen LogP) is 11.8. The minimum absolute atomic E-state index is 0.0304. The molecule has 0 saturated heterocycles. The number of unbranched alkanes of at least 4 members (excludes halogenated alkanes) is 9. The summed E-state index contributed by atoms with van der Waals surface area (Å²) in [5.74, 6) is -1.16. The molecule has 0 aliphatic carbocycles. The number of anilines is 2. The third kappa shape index (κ3) is 9.89. The average Bonchev–Trinajstić information content (AvgIpc) is 3.63. The molecule has 11 nitrogen and oxygen atoms in total. The lowest BCUT2D eigenvalue weighted by Crippen LogP contribution is -2.33. The van der Waals surface area contributed by atoms with E-state index in [2.05, 4.69) is 22.6 Å². The highest BCUT2D eigenvalue weighted by molar-refractivity contribution is 6.42. The summed E-state index contributed by atoms with van der Waals surface area (Å²) >= 11 is 12.3.